The second kappa shape index (κ2) is 10.6. The number of nitrogens with one attached hydrogen (secondary N) is 2. The van der Waals surface area contributed by atoms with Gasteiger partial charge < -0.3 is 10.1 Å². The normalized spacial score (nSPS) is 18.5. The minimum Gasteiger partial charge on any atom is -0.371 e. The first-order valence-corrected chi connectivity index (χ1v) is 12.5. The predicted molar refractivity (Wildman–Crippen MR) is 125 cm³/mol. The lowest BCUT2D eigenvalue weighted by Gasteiger charge is -2.32. The van der Waals surface area contributed by atoms with Gasteiger partial charge in [0.2, 0.25) is 5.91 Å². The molecule has 1 saturated carbocycles. The van der Waals surface area contributed by atoms with Crippen LogP contribution in [0.2, 0.25) is 0 Å². The van der Waals surface area contributed by atoms with Crippen molar-refractivity contribution < 1.29 is 17.9 Å². The van der Waals surface area contributed by atoms with Gasteiger partial charge in [-0.1, -0.05) is 61.4 Å². The molecule has 1 fully saturated rings. The molecule has 0 radical (unpaired) electrons. The summed E-state index contributed by atoms with van der Waals surface area (Å²) in [6.07, 6.45) is 5.44. The maximum atomic E-state index is 12.7. The third kappa shape index (κ3) is 6.43. The summed E-state index contributed by atoms with van der Waals surface area (Å²) in [4.78, 5) is 12.8. The van der Waals surface area contributed by atoms with Crippen molar-refractivity contribution in [2.24, 2.45) is 0 Å². The van der Waals surface area contributed by atoms with Gasteiger partial charge in [0, 0.05) is 12.3 Å². The van der Waals surface area contributed by atoms with E-state index in [1.54, 1.807) is 24.4 Å². The van der Waals surface area contributed by atoms with Gasteiger partial charge in [-0.3, -0.25) is 14.2 Å². The van der Waals surface area contributed by atoms with Crippen molar-refractivity contribution in [3.8, 4) is 0 Å². The van der Waals surface area contributed by atoms with Crippen molar-refractivity contribution in [2.75, 3.05) is 4.72 Å². The summed E-state index contributed by atoms with van der Waals surface area (Å²) < 4.78 is 34.9. The fraction of sp³-hybridized carbons (Fsp3) is 0.333. The van der Waals surface area contributed by atoms with Gasteiger partial charge in [0.25, 0.3) is 10.0 Å². The van der Waals surface area contributed by atoms with Gasteiger partial charge in [0.1, 0.15) is 6.54 Å². The summed E-state index contributed by atoms with van der Waals surface area (Å²) in [5.74, 6) is -0.0239. The molecule has 1 aliphatic rings. The summed E-state index contributed by atoms with van der Waals surface area (Å²) in [6.45, 7) is 0.511. The van der Waals surface area contributed by atoms with E-state index < -0.39 is 10.0 Å². The minimum atomic E-state index is -3.73. The average molecular weight is 469 g/mol. The van der Waals surface area contributed by atoms with Crippen LogP contribution in [0.5, 0.6) is 0 Å². The van der Waals surface area contributed by atoms with Crippen LogP contribution in [0, 0.1) is 0 Å². The fourth-order valence-corrected chi connectivity index (χ4v) is 4.96. The third-order valence-electron chi connectivity index (χ3n) is 5.59. The molecule has 2 atom stereocenters. The number of sulfonamides is 1. The van der Waals surface area contributed by atoms with Gasteiger partial charge in [0.15, 0.2) is 5.82 Å². The lowest BCUT2D eigenvalue weighted by molar-refractivity contribution is -0.124. The Hall–Kier alpha value is -3.17. The summed E-state index contributed by atoms with van der Waals surface area (Å²) >= 11 is 0. The highest BCUT2D eigenvalue weighted by atomic mass is 32.2. The van der Waals surface area contributed by atoms with E-state index in [4.69, 9.17) is 4.74 Å². The maximum Gasteiger partial charge on any atom is 0.263 e. The molecule has 1 aromatic heterocycles. The molecule has 174 valence electrons. The number of amides is 1. The molecule has 1 aliphatic carbocycles. The number of carbonyl (C=O) groups is 1. The van der Waals surface area contributed by atoms with E-state index in [9.17, 15) is 13.2 Å². The molecule has 0 spiro atoms. The molecule has 4 rings (SSSR count). The number of rotatable bonds is 9. The Morgan fingerprint density at radius 3 is 2.45 bits per heavy atom. The van der Waals surface area contributed by atoms with Crippen LogP contribution in [0.1, 0.15) is 31.2 Å². The molecule has 0 saturated heterocycles. The summed E-state index contributed by atoms with van der Waals surface area (Å²) in [6, 6.07) is 19.5. The number of aromatic nitrogens is 2. The molecule has 2 N–H and O–H groups in total. The van der Waals surface area contributed by atoms with Crippen LogP contribution in [-0.4, -0.2) is 36.3 Å². The Balaban J connectivity index is 1.31. The van der Waals surface area contributed by atoms with E-state index in [0.717, 1.165) is 31.2 Å². The molecule has 1 amide bonds. The Kier molecular flexibility index (Phi) is 7.41. The van der Waals surface area contributed by atoms with Gasteiger partial charge in [-0.2, -0.15) is 5.10 Å². The van der Waals surface area contributed by atoms with E-state index in [1.807, 2.05) is 30.3 Å². The molecule has 3 aromatic rings. The Morgan fingerprint density at radius 2 is 1.70 bits per heavy atom. The van der Waals surface area contributed by atoms with Crippen LogP contribution in [0.4, 0.5) is 5.82 Å². The second-order valence-electron chi connectivity index (χ2n) is 8.11. The number of hydrogen-bond donors (Lipinski definition) is 2. The van der Waals surface area contributed by atoms with Crippen LogP contribution in [0.15, 0.2) is 77.8 Å². The third-order valence-corrected chi connectivity index (χ3v) is 6.97. The minimum absolute atomic E-state index is 0.00499. The highest BCUT2D eigenvalue weighted by Gasteiger charge is 2.27. The molecule has 1 heterocycles. The molecule has 0 aliphatic heterocycles. The van der Waals surface area contributed by atoms with Gasteiger partial charge >= 0.3 is 0 Å². The van der Waals surface area contributed by atoms with Gasteiger partial charge in [0.05, 0.1) is 23.6 Å². The molecule has 2 unspecified atom stereocenters. The summed E-state index contributed by atoms with van der Waals surface area (Å²) in [5.41, 5.74) is 1.11. The molecule has 0 bridgehead atoms. The second-order valence-corrected chi connectivity index (χ2v) is 9.79. The smallest absolute Gasteiger partial charge is 0.263 e. The Labute approximate surface area is 194 Å². The lowest BCUT2D eigenvalue weighted by Crippen LogP contribution is -2.47. The first-order valence-electron chi connectivity index (χ1n) is 11.1. The topological polar surface area (TPSA) is 102 Å². The zero-order valence-corrected chi connectivity index (χ0v) is 19.1. The van der Waals surface area contributed by atoms with Gasteiger partial charge in [-0.15, -0.1) is 0 Å². The lowest BCUT2D eigenvalue weighted by atomic mass is 9.92. The van der Waals surface area contributed by atoms with Gasteiger partial charge in [-0.25, -0.2) is 8.42 Å². The van der Waals surface area contributed by atoms with Crippen molar-refractivity contribution in [3.05, 3.63) is 78.5 Å². The SMILES string of the molecule is O=C(Cn1ccc(NS(=O)(=O)c2ccccc2)n1)NC1CCCCC1OCc1ccccc1. The summed E-state index contributed by atoms with van der Waals surface area (Å²) in [5, 5.41) is 7.26. The fourth-order valence-electron chi connectivity index (χ4n) is 3.94. The van der Waals surface area contributed by atoms with Crippen LogP contribution in [-0.2, 0) is 32.7 Å². The van der Waals surface area contributed by atoms with E-state index >= 15 is 0 Å². The molecular weight excluding hydrogens is 440 g/mol. The number of anilines is 1. The van der Waals surface area contributed by atoms with Gasteiger partial charge in [-0.05, 0) is 30.5 Å². The van der Waals surface area contributed by atoms with Crippen molar-refractivity contribution in [2.45, 2.75) is 55.9 Å². The van der Waals surface area contributed by atoms with Crippen LogP contribution >= 0.6 is 0 Å². The van der Waals surface area contributed by atoms with Crippen molar-refractivity contribution in [1.29, 1.82) is 0 Å². The standard InChI is InChI=1S/C24H28N4O4S/c29-24(25-21-13-7-8-14-22(21)32-18-19-9-3-1-4-10-19)17-28-16-15-23(26-28)27-33(30,31)20-11-5-2-6-12-20/h1-6,9-12,15-16,21-22H,7-8,13-14,17-18H2,(H,25,29)(H,26,27). The number of hydrogen-bond acceptors (Lipinski definition) is 5. The maximum absolute atomic E-state index is 12.7. The van der Waals surface area contributed by atoms with Crippen LogP contribution in [0.25, 0.3) is 0 Å². The van der Waals surface area contributed by atoms with Crippen LogP contribution < -0.4 is 10.0 Å². The van der Waals surface area contributed by atoms with Crippen molar-refractivity contribution >= 4 is 21.7 Å². The predicted octanol–water partition coefficient (Wildman–Crippen LogP) is 3.33. The Bertz CT molecular complexity index is 1150. The molecule has 33 heavy (non-hydrogen) atoms. The molecule has 9 heteroatoms. The van der Waals surface area contributed by atoms with E-state index in [1.165, 1.54) is 22.9 Å². The molecule has 2 aromatic carbocycles. The average Bonchev–Trinajstić information content (AvgIpc) is 3.25. The van der Waals surface area contributed by atoms with E-state index in [-0.39, 0.29) is 35.3 Å². The number of ether oxygens (including phenoxy) is 1. The monoisotopic (exact) mass is 468 g/mol. The number of nitrogens with zero attached hydrogens (tertiary/aromatic N) is 2. The zero-order chi connectivity index (χ0) is 23.1. The first kappa shape index (κ1) is 23.0. The summed E-state index contributed by atoms with van der Waals surface area (Å²) in [7, 11) is -3.73. The van der Waals surface area contributed by atoms with Crippen molar-refractivity contribution in [3.63, 3.8) is 0 Å². The van der Waals surface area contributed by atoms with E-state index in [0.29, 0.717) is 6.61 Å². The number of carbonyl (C=O) groups excluding carboxylic acids is 1. The zero-order valence-electron chi connectivity index (χ0n) is 18.3. The first-order chi connectivity index (χ1) is 16.0. The largest absolute Gasteiger partial charge is 0.371 e. The number of benzene rings is 2. The molecular formula is C24H28N4O4S. The molecule has 8 nitrogen and oxygen atoms in total. The van der Waals surface area contributed by atoms with E-state index in [2.05, 4.69) is 15.1 Å². The van der Waals surface area contributed by atoms with Crippen LogP contribution in [0.3, 0.4) is 0 Å². The highest BCUT2D eigenvalue weighted by molar-refractivity contribution is 7.92. The van der Waals surface area contributed by atoms with Crippen molar-refractivity contribution in [1.82, 2.24) is 15.1 Å². The quantitative estimate of drug-likeness (QED) is 0.502. The highest BCUT2D eigenvalue weighted by Crippen LogP contribution is 2.22. The Morgan fingerprint density at radius 1 is 1.00 bits per heavy atom.